The summed E-state index contributed by atoms with van der Waals surface area (Å²) in [5.41, 5.74) is 1.09. The summed E-state index contributed by atoms with van der Waals surface area (Å²) < 4.78 is 15.9. The van der Waals surface area contributed by atoms with Crippen molar-refractivity contribution in [2.24, 2.45) is 0 Å². The van der Waals surface area contributed by atoms with Gasteiger partial charge in [0, 0.05) is 31.2 Å². The molecule has 0 aliphatic carbocycles. The second kappa shape index (κ2) is 10.9. The number of ether oxygens (including phenoxy) is 3. The lowest BCUT2D eigenvalue weighted by atomic mass is 10.1. The summed E-state index contributed by atoms with van der Waals surface area (Å²) in [7, 11) is 1.66. The normalized spacial score (nSPS) is 12.4. The highest BCUT2D eigenvalue weighted by atomic mass is 35.5. The zero-order valence-corrected chi connectivity index (χ0v) is 13.9. The van der Waals surface area contributed by atoms with Crippen LogP contribution in [0.5, 0.6) is 5.75 Å². The number of hydrogen-bond donors (Lipinski definition) is 1. The number of hydrogen-bond acceptors (Lipinski definition) is 4. The minimum atomic E-state index is 0.241. The highest BCUT2D eigenvalue weighted by molar-refractivity contribution is 6.31. The molecule has 1 unspecified atom stereocenters. The molecular weight excluding hydrogens is 290 g/mol. The van der Waals surface area contributed by atoms with Crippen LogP contribution in [0, 0.1) is 0 Å². The lowest BCUT2D eigenvalue weighted by Gasteiger charge is -2.15. The summed E-state index contributed by atoms with van der Waals surface area (Å²) in [6.45, 7) is 7.64. The third kappa shape index (κ3) is 7.14. The topological polar surface area (TPSA) is 39.7 Å². The van der Waals surface area contributed by atoms with Crippen molar-refractivity contribution in [3.8, 4) is 5.75 Å². The third-order valence-electron chi connectivity index (χ3n) is 3.08. The molecule has 0 heterocycles. The maximum atomic E-state index is 6.30. The molecule has 0 aromatic heterocycles. The molecule has 5 heteroatoms. The first-order valence-corrected chi connectivity index (χ1v) is 7.79. The van der Waals surface area contributed by atoms with Gasteiger partial charge in [0.2, 0.25) is 0 Å². The highest BCUT2D eigenvalue weighted by Gasteiger charge is 2.09. The van der Waals surface area contributed by atoms with E-state index in [0.29, 0.717) is 26.4 Å². The molecule has 0 radical (unpaired) electrons. The van der Waals surface area contributed by atoms with Gasteiger partial charge in [0.1, 0.15) is 5.75 Å². The van der Waals surface area contributed by atoms with Crippen molar-refractivity contribution in [2.45, 2.75) is 26.3 Å². The molecule has 21 heavy (non-hydrogen) atoms. The van der Waals surface area contributed by atoms with Crippen molar-refractivity contribution in [3.05, 3.63) is 28.8 Å². The number of halogens is 1. The summed E-state index contributed by atoms with van der Waals surface area (Å²) >= 11 is 6.30. The van der Waals surface area contributed by atoms with Crippen LogP contribution in [-0.2, 0) is 9.47 Å². The first kappa shape index (κ1) is 18.2. The van der Waals surface area contributed by atoms with Gasteiger partial charge in [-0.1, -0.05) is 24.6 Å². The SMILES string of the molecule is CCNC(C)c1ccc(OCCCOCCOC)cc1Cl. The zero-order chi connectivity index (χ0) is 15.5. The van der Waals surface area contributed by atoms with Gasteiger partial charge in [-0.25, -0.2) is 0 Å². The molecule has 0 saturated heterocycles. The molecule has 1 aromatic carbocycles. The molecule has 0 amide bonds. The first-order chi connectivity index (χ1) is 10.2. The fraction of sp³-hybridized carbons (Fsp3) is 0.625. The Balaban J connectivity index is 2.31. The molecule has 120 valence electrons. The predicted octanol–water partition coefficient (Wildman–Crippen LogP) is 3.44. The molecule has 1 rings (SSSR count). The van der Waals surface area contributed by atoms with Crippen molar-refractivity contribution in [1.82, 2.24) is 5.32 Å². The van der Waals surface area contributed by atoms with E-state index in [1.165, 1.54) is 0 Å². The van der Waals surface area contributed by atoms with Gasteiger partial charge in [-0.2, -0.15) is 0 Å². The number of rotatable bonds is 11. The minimum absolute atomic E-state index is 0.241. The summed E-state index contributed by atoms with van der Waals surface area (Å²) in [5.74, 6) is 0.796. The van der Waals surface area contributed by atoms with E-state index in [0.717, 1.165) is 29.3 Å². The average Bonchev–Trinajstić information content (AvgIpc) is 2.46. The maximum Gasteiger partial charge on any atom is 0.120 e. The van der Waals surface area contributed by atoms with Gasteiger partial charge in [0.15, 0.2) is 0 Å². The average molecular weight is 316 g/mol. The van der Waals surface area contributed by atoms with Crippen molar-refractivity contribution in [2.75, 3.05) is 40.1 Å². The van der Waals surface area contributed by atoms with Gasteiger partial charge in [-0.3, -0.25) is 0 Å². The van der Waals surface area contributed by atoms with E-state index in [1.54, 1.807) is 7.11 Å². The van der Waals surface area contributed by atoms with Crippen molar-refractivity contribution >= 4 is 11.6 Å². The third-order valence-corrected chi connectivity index (χ3v) is 3.41. The molecular formula is C16H26ClNO3. The summed E-state index contributed by atoms with van der Waals surface area (Å²) in [6, 6.07) is 6.09. The van der Waals surface area contributed by atoms with Gasteiger partial charge in [-0.15, -0.1) is 0 Å². The van der Waals surface area contributed by atoms with Crippen LogP contribution in [0.4, 0.5) is 0 Å². The van der Waals surface area contributed by atoms with Crippen molar-refractivity contribution in [1.29, 1.82) is 0 Å². The van der Waals surface area contributed by atoms with Crippen LogP contribution in [0.25, 0.3) is 0 Å². The molecule has 0 fully saturated rings. The molecule has 1 N–H and O–H groups in total. The summed E-state index contributed by atoms with van der Waals surface area (Å²) in [6.07, 6.45) is 0.844. The lowest BCUT2D eigenvalue weighted by Crippen LogP contribution is -2.18. The summed E-state index contributed by atoms with van der Waals surface area (Å²) in [5, 5.41) is 4.08. The second-order valence-corrected chi connectivity index (χ2v) is 5.18. The van der Waals surface area contributed by atoms with E-state index < -0.39 is 0 Å². The van der Waals surface area contributed by atoms with Crippen LogP contribution in [0.3, 0.4) is 0 Å². The zero-order valence-electron chi connectivity index (χ0n) is 13.2. The Labute approximate surface area is 132 Å². The van der Waals surface area contributed by atoms with E-state index in [1.807, 2.05) is 18.2 Å². The van der Waals surface area contributed by atoms with Gasteiger partial charge < -0.3 is 19.5 Å². The van der Waals surface area contributed by atoms with E-state index in [-0.39, 0.29) is 6.04 Å². The molecule has 0 aliphatic rings. The molecule has 1 aromatic rings. The van der Waals surface area contributed by atoms with Crippen molar-refractivity contribution in [3.63, 3.8) is 0 Å². The Morgan fingerprint density at radius 1 is 1.19 bits per heavy atom. The molecule has 4 nitrogen and oxygen atoms in total. The Hall–Kier alpha value is -0.810. The Morgan fingerprint density at radius 2 is 2.00 bits per heavy atom. The molecule has 0 aliphatic heterocycles. The van der Waals surface area contributed by atoms with Crippen molar-refractivity contribution < 1.29 is 14.2 Å². The number of benzene rings is 1. The molecule has 0 spiro atoms. The first-order valence-electron chi connectivity index (χ1n) is 7.41. The number of nitrogens with one attached hydrogen (secondary N) is 1. The van der Waals surface area contributed by atoms with Crippen LogP contribution in [-0.4, -0.2) is 40.1 Å². The highest BCUT2D eigenvalue weighted by Crippen LogP contribution is 2.27. The van der Waals surface area contributed by atoms with E-state index in [2.05, 4.69) is 19.2 Å². The van der Waals surface area contributed by atoms with Gasteiger partial charge in [-0.05, 0) is 31.2 Å². The second-order valence-electron chi connectivity index (χ2n) is 4.77. The minimum Gasteiger partial charge on any atom is -0.493 e. The van der Waals surface area contributed by atoms with Crippen LogP contribution >= 0.6 is 11.6 Å². The van der Waals surface area contributed by atoms with Crippen LogP contribution in [0.15, 0.2) is 18.2 Å². The Morgan fingerprint density at radius 3 is 2.67 bits per heavy atom. The number of methoxy groups -OCH3 is 1. The van der Waals surface area contributed by atoms with E-state index >= 15 is 0 Å². The predicted molar refractivity (Wildman–Crippen MR) is 86.4 cm³/mol. The van der Waals surface area contributed by atoms with E-state index in [9.17, 15) is 0 Å². The van der Waals surface area contributed by atoms with E-state index in [4.69, 9.17) is 25.8 Å². The fourth-order valence-electron chi connectivity index (χ4n) is 1.96. The maximum absolute atomic E-state index is 6.30. The lowest BCUT2D eigenvalue weighted by molar-refractivity contribution is 0.0644. The molecule has 0 saturated carbocycles. The molecule has 1 atom stereocenters. The largest absolute Gasteiger partial charge is 0.493 e. The monoisotopic (exact) mass is 315 g/mol. The molecule has 0 bridgehead atoms. The quantitative estimate of drug-likeness (QED) is 0.635. The van der Waals surface area contributed by atoms with Gasteiger partial charge in [0.25, 0.3) is 0 Å². The standard InChI is InChI=1S/C16H26ClNO3/c1-4-18-13(2)15-7-6-14(12-16(15)17)21-9-5-8-20-11-10-19-3/h6-7,12-13,18H,4-5,8-11H2,1-3H3. The van der Waals surface area contributed by atoms with Gasteiger partial charge >= 0.3 is 0 Å². The van der Waals surface area contributed by atoms with Gasteiger partial charge in [0.05, 0.1) is 19.8 Å². The fourth-order valence-corrected chi connectivity index (χ4v) is 2.29. The van der Waals surface area contributed by atoms with Crippen LogP contribution in [0.2, 0.25) is 5.02 Å². The van der Waals surface area contributed by atoms with Crippen LogP contribution < -0.4 is 10.1 Å². The Kier molecular flexibility index (Phi) is 9.42. The Bertz CT molecular complexity index is 401. The smallest absolute Gasteiger partial charge is 0.120 e. The summed E-state index contributed by atoms with van der Waals surface area (Å²) in [4.78, 5) is 0. The van der Waals surface area contributed by atoms with Crippen LogP contribution in [0.1, 0.15) is 31.9 Å².